The number of aromatic amines is 2. The van der Waals surface area contributed by atoms with E-state index >= 15 is 0 Å². The Kier molecular flexibility index (Phi) is 24.2. The second-order valence-corrected chi connectivity index (χ2v) is 22.5. The number of nitrogens with two attached hydrogens (primary N) is 2. The van der Waals surface area contributed by atoms with Crippen LogP contribution in [-0.2, 0) is 67.2 Å². The molecule has 464 valence electrons. The highest BCUT2D eigenvalue weighted by Crippen LogP contribution is 2.22. The third-order valence-corrected chi connectivity index (χ3v) is 14.6. The van der Waals surface area contributed by atoms with Crippen LogP contribution in [0.15, 0.2) is 84.5 Å². The zero-order valence-electron chi connectivity index (χ0n) is 49.3. The van der Waals surface area contributed by atoms with Crippen LogP contribution in [0, 0.1) is 11.8 Å². The number of para-hydroxylation sites is 1. The summed E-state index contributed by atoms with van der Waals surface area (Å²) in [7, 11) is 0. The average Bonchev–Trinajstić information content (AvgIpc) is 3.53. The van der Waals surface area contributed by atoms with E-state index < -0.39 is 101 Å². The van der Waals surface area contributed by atoms with E-state index in [-0.39, 0.29) is 106 Å². The van der Waals surface area contributed by atoms with Crippen molar-refractivity contribution in [1.82, 2.24) is 67.7 Å². The molecule has 4 aromatic rings. The van der Waals surface area contributed by atoms with E-state index in [1.165, 1.54) is 41.7 Å². The van der Waals surface area contributed by atoms with E-state index in [1.54, 1.807) is 19.2 Å². The summed E-state index contributed by atoms with van der Waals surface area (Å²) in [5.41, 5.74) is 12.9. The summed E-state index contributed by atoms with van der Waals surface area (Å²) in [6.45, 7) is 13.7. The molecule has 2 aromatic heterocycles. The molecule has 8 atom stereocenters. The summed E-state index contributed by atoms with van der Waals surface area (Å²) in [5.74, 6) is -7.30. The van der Waals surface area contributed by atoms with Crippen molar-refractivity contribution in [3.8, 4) is 5.75 Å². The summed E-state index contributed by atoms with van der Waals surface area (Å²) >= 11 is 0. The summed E-state index contributed by atoms with van der Waals surface area (Å²) in [6.07, 6.45) is 6.03. The summed E-state index contributed by atoms with van der Waals surface area (Å²) in [5, 5.41) is 35.1. The molecule has 10 amide bonds. The first-order chi connectivity index (χ1) is 41.0. The topological polar surface area (TPSA) is 411 Å². The smallest absolute Gasteiger partial charge is 0.267 e. The molecule has 2 aliphatic rings. The zero-order valence-corrected chi connectivity index (χ0v) is 49.3. The lowest BCUT2D eigenvalue weighted by Gasteiger charge is -2.30. The van der Waals surface area contributed by atoms with Crippen molar-refractivity contribution in [2.45, 2.75) is 154 Å². The lowest BCUT2D eigenvalue weighted by atomic mass is 9.98. The second kappa shape index (κ2) is 31.6. The number of carbonyl (C=O) groups excluding carboxylic acids is 10. The average molecular weight is 1190 g/mol. The number of aromatic hydroxyl groups is 1. The minimum absolute atomic E-state index is 0.0609. The molecular weight excluding hydrogens is 1110 g/mol. The Morgan fingerprint density at radius 1 is 0.744 bits per heavy atom. The fourth-order valence-corrected chi connectivity index (χ4v) is 10.3. The van der Waals surface area contributed by atoms with Crippen molar-refractivity contribution < 1.29 is 53.1 Å². The van der Waals surface area contributed by atoms with Crippen LogP contribution in [-0.4, -0.2) is 158 Å². The third-order valence-electron chi connectivity index (χ3n) is 14.6. The minimum atomic E-state index is -1.46. The molecule has 0 unspecified atom stereocenters. The maximum Gasteiger partial charge on any atom is 0.267 e. The Labute approximate surface area is 498 Å². The van der Waals surface area contributed by atoms with E-state index in [1.807, 2.05) is 45.9 Å². The van der Waals surface area contributed by atoms with Crippen molar-refractivity contribution in [2.24, 2.45) is 28.3 Å². The van der Waals surface area contributed by atoms with E-state index in [4.69, 9.17) is 11.5 Å². The predicted octanol–water partition coefficient (Wildman–Crippen LogP) is -0.285. The van der Waals surface area contributed by atoms with Crippen LogP contribution in [0.2, 0.25) is 0 Å². The number of rotatable bonds is 31. The highest BCUT2D eigenvalue weighted by atomic mass is 16.3. The lowest BCUT2D eigenvalue weighted by Crippen LogP contribution is -2.60. The summed E-state index contributed by atoms with van der Waals surface area (Å²) in [6, 6.07) is 3.66. The number of phenolic OH excluding ortho intramolecular Hbond substituents is 1. The van der Waals surface area contributed by atoms with E-state index in [0.717, 1.165) is 10.9 Å². The number of likely N-dealkylation sites (N-methyl/N-ethyl adjacent to an activating group) is 1. The van der Waals surface area contributed by atoms with Crippen molar-refractivity contribution in [3.63, 3.8) is 0 Å². The molecule has 2 aromatic carbocycles. The number of aliphatic imine (C=N–C) groups is 1. The van der Waals surface area contributed by atoms with E-state index in [0.29, 0.717) is 36.2 Å². The fraction of sp³-hybridized carbons (Fsp3) is 0.492. The Morgan fingerprint density at radius 2 is 1.36 bits per heavy atom. The van der Waals surface area contributed by atoms with Crippen molar-refractivity contribution in [3.05, 3.63) is 96.3 Å². The molecule has 0 spiro atoms. The molecule has 0 aliphatic carbocycles. The third kappa shape index (κ3) is 19.4. The number of nitrogens with one attached hydrogen (secondary N) is 11. The molecule has 0 radical (unpaired) electrons. The SMILES string of the molecule is C=C(NC(=O)[C@H](Cc1c[nH]c2ccccc12)NC(=O)[C@H](Cc1cnc[nH]1)NC(=O)[C@@H]1CCC(=O)N1)C(=O)N[C@@H](Cc1ccc(O)cc1)C(=O)N[C@H](CC(C)C)C(=O)N[C@@H](CC(C)C)C(=O)N[C@@H](CCCN=C(N)N)C(=O)N1CCC[C@H]1C(=O)NCC. The molecule has 27 nitrogen and oxygen atoms in total. The molecule has 27 heteroatoms. The number of benzene rings is 2. The first-order valence-electron chi connectivity index (χ1n) is 29.1. The number of likely N-dealkylation sites (tertiary alicyclic amines) is 1. The zero-order chi connectivity index (χ0) is 62.6. The largest absolute Gasteiger partial charge is 0.508 e. The maximum atomic E-state index is 14.6. The van der Waals surface area contributed by atoms with Gasteiger partial charge in [-0.15, -0.1) is 0 Å². The number of phenols is 1. The molecule has 2 saturated heterocycles. The Bertz CT molecular complexity index is 3080. The fourth-order valence-electron chi connectivity index (χ4n) is 10.3. The van der Waals surface area contributed by atoms with E-state index in [9.17, 15) is 53.1 Å². The van der Waals surface area contributed by atoms with Gasteiger partial charge < -0.3 is 79.3 Å². The van der Waals surface area contributed by atoms with Gasteiger partial charge in [-0.3, -0.25) is 52.9 Å². The van der Waals surface area contributed by atoms with Crippen LogP contribution >= 0.6 is 0 Å². The molecule has 4 heterocycles. The quantitative estimate of drug-likeness (QED) is 0.0133. The lowest BCUT2D eigenvalue weighted by molar-refractivity contribution is -0.142. The van der Waals surface area contributed by atoms with Crippen LogP contribution < -0.4 is 59.3 Å². The number of carbonyl (C=O) groups is 10. The van der Waals surface area contributed by atoms with Gasteiger partial charge in [0.2, 0.25) is 53.2 Å². The summed E-state index contributed by atoms with van der Waals surface area (Å²) < 4.78 is 0. The van der Waals surface area contributed by atoms with Gasteiger partial charge in [0, 0.05) is 74.3 Å². The monoisotopic (exact) mass is 1190 g/mol. The number of hydrogen-bond donors (Lipinski definition) is 14. The molecule has 0 bridgehead atoms. The molecule has 16 N–H and O–H groups in total. The van der Waals surface area contributed by atoms with Gasteiger partial charge in [0.15, 0.2) is 5.96 Å². The predicted molar refractivity (Wildman–Crippen MR) is 318 cm³/mol. The highest BCUT2D eigenvalue weighted by molar-refractivity contribution is 6.02. The number of amides is 10. The van der Waals surface area contributed by atoms with Crippen LogP contribution in [0.5, 0.6) is 5.75 Å². The normalized spacial score (nSPS) is 16.8. The molecule has 0 saturated carbocycles. The number of imidazole rings is 1. The molecule has 2 fully saturated rings. The van der Waals surface area contributed by atoms with Gasteiger partial charge in [0.05, 0.1) is 12.0 Å². The first-order valence-corrected chi connectivity index (χ1v) is 29.1. The van der Waals surface area contributed by atoms with Gasteiger partial charge in [0.1, 0.15) is 54.1 Å². The highest BCUT2D eigenvalue weighted by Gasteiger charge is 2.40. The van der Waals surface area contributed by atoms with Crippen LogP contribution in [0.3, 0.4) is 0 Å². The van der Waals surface area contributed by atoms with Crippen molar-refractivity contribution in [2.75, 3.05) is 19.6 Å². The van der Waals surface area contributed by atoms with Gasteiger partial charge in [-0.05, 0) is 93.0 Å². The second-order valence-electron chi connectivity index (χ2n) is 22.5. The number of nitrogens with zero attached hydrogens (tertiary/aromatic N) is 3. The standard InChI is InChI=1S/C59H82N16O11/c1-7-63-57(85)48-15-11-23-75(48)58(86)42(14-10-22-64-59(60)61)69-53(81)43(24-32(2)3)71-54(82)44(25-33(4)5)72-55(83)45(26-35-16-18-38(76)19-17-35)70-50(78)34(6)67-52(80)46(27-36-29-65-40-13-9-8-12-39(36)40)73-56(84)47(28-37-30-62-31-66-37)74-51(79)41-20-21-49(77)68-41/h8-9,12-13,16-19,29-33,41-48,65,76H,6-7,10-11,14-15,20-28H2,1-5H3,(H,62,66)(H,63,85)(H,67,80)(H,68,77)(H,69,81)(H,70,78)(H,71,82)(H,72,83)(H,73,84)(H,74,79)(H4,60,61,64)/t41-,42-,43-,44+,45-,46-,47-,48-/m0/s1. The summed E-state index contributed by atoms with van der Waals surface area (Å²) in [4.78, 5) is 155. The Balaban J connectivity index is 1.21. The molecule has 6 rings (SSSR count). The van der Waals surface area contributed by atoms with Crippen molar-refractivity contribution in [1.29, 1.82) is 0 Å². The van der Waals surface area contributed by atoms with Gasteiger partial charge in [0.25, 0.3) is 5.91 Å². The number of hydrogen-bond acceptors (Lipinski definition) is 13. The van der Waals surface area contributed by atoms with Crippen LogP contribution in [0.1, 0.15) is 103 Å². The first kappa shape index (κ1) is 65.8. The van der Waals surface area contributed by atoms with Crippen LogP contribution in [0.4, 0.5) is 0 Å². The van der Waals surface area contributed by atoms with Gasteiger partial charge >= 0.3 is 0 Å². The molecule has 2 aliphatic heterocycles. The number of fused-ring (bicyclic) bond motifs is 1. The molecule has 86 heavy (non-hydrogen) atoms. The van der Waals surface area contributed by atoms with Crippen molar-refractivity contribution >= 4 is 75.9 Å². The van der Waals surface area contributed by atoms with E-state index in [2.05, 4.69) is 74.4 Å². The van der Waals surface area contributed by atoms with Gasteiger partial charge in [-0.25, -0.2) is 4.98 Å². The van der Waals surface area contributed by atoms with Gasteiger partial charge in [-0.2, -0.15) is 0 Å². The maximum absolute atomic E-state index is 14.6. The Morgan fingerprint density at radius 3 is 1.97 bits per heavy atom. The van der Waals surface area contributed by atoms with Crippen LogP contribution in [0.25, 0.3) is 10.9 Å². The number of H-pyrrole nitrogens is 2. The Hall–Kier alpha value is -9.30. The van der Waals surface area contributed by atoms with Gasteiger partial charge in [-0.1, -0.05) is 64.6 Å². The number of aromatic nitrogens is 3. The number of guanidine groups is 1. The molecular formula is C59H82N16O11. The minimum Gasteiger partial charge on any atom is -0.508 e.